The fraction of sp³-hybridized carbons (Fsp3) is 0.545. The lowest BCUT2D eigenvalue weighted by atomic mass is 10.0. The van der Waals surface area contributed by atoms with Gasteiger partial charge in [0.1, 0.15) is 5.75 Å². The normalized spacial score (nSPS) is 16.8. The van der Waals surface area contributed by atoms with Crippen LogP contribution in [0.25, 0.3) is 0 Å². The maximum Gasteiger partial charge on any atom is 0.191 e. The van der Waals surface area contributed by atoms with Crippen molar-refractivity contribution >= 4 is 29.9 Å². The number of guanidine groups is 1. The lowest BCUT2D eigenvalue weighted by Crippen LogP contribution is -2.47. The van der Waals surface area contributed by atoms with Gasteiger partial charge in [0, 0.05) is 52.2 Å². The van der Waals surface area contributed by atoms with Gasteiger partial charge in [0.15, 0.2) is 5.96 Å². The number of methoxy groups -OCH3 is 1. The van der Waals surface area contributed by atoms with E-state index in [2.05, 4.69) is 44.7 Å². The Bertz CT molecular complexity index is 763. The summed E-state index contributed by atoms with van der Waals surface area (Å²) < 4.78 is 12.8. The molecule has 1 fully saturated rings. The Morgan fingerprint density at radius 3 is 2.52 bits per heavy atom. The molecule has 0 saturated carbocycles. The Morgan fingerprint density at radius 1 is 1.19 bits per heavy atom. The number of nitrogens with zero attached hydrogens (tertiary/aromatic N) is 4. The molecule has 1 saturated heterocycles. The summed E-state index contributed by atoms with van der Waals surface area (Å²) >= 11 is 0. The van der Waals surface area contributed by atoms with E-state index in [9.17, 15) is 0 Å². The van der Waals surface area contributed by atoms with Gasteiger partial charge in [0.25, 0.3) is 0 Å². The van der Waals surface area contributed by atoms with E-state index in [1.165, 1.54) is 5.56 Å². The molecule has 2 unspecified atom stereocenters. The van der Waals surface area contributed by atoms with Crippen molar-refractivity contribution in [1.82, 2.24) is 25.3 Å². The van der Waals surface area contributed by atoms with E-state index in [0.29, 0.717) is 5.92 Å². The predicted molar refractivity (Wildman–Crippen MR) is 134 cm³/mol. The maximum absolute atomic E-state index is 5.55. The summed E-state index contributed by atoms with van der Waals surface area (Å²) in [6.45, 7) is 8.05. The quantitative estimate of drug-likeness (QED) is 0.288. The molecule has 1 aromatic carbocycles. The molecule has 1 aliphatic rings. The standard InChI is InChI=1S/C22H34N6O2.HI/c1-18(17-28-10-4-9-26-28)15-24-22(23-2)25-16-21(27-11-13-30-14-12-27)19-5-7-20(29-3)8-6-19;/h4-10,18,21H,11-17H2,1-3H3,(H2,23,24,25);1H. The highest BCUT2D eigenvalue weighted by Gasteiger charge is 2.23. The minimum absolute atomic E-state index is 0. The number of benzene rings is 1. The summed E-state index contributed by atoms with van der Waals surface area (Å²) in [4.78, 5) is 6.87. The molecule has 31 heavy (non-hydrogen) atoms. The molecular weight excluding hydrogens is 507 g/mol. The lowest BCUT2D eigenvalue weighted by Gasteiger charge is -2.35. The molecule has 8 nitrogen and oxygen atoms in total. The van der Waals surface area contributed by atoms with Crippen molar-refractivity contribution in [3.63, 3.8) is 0 Å². The van der Waals surface area contributed by atoms with Crippen LogP contribution in [0.3, 0.4) is 0 Å². The second kappa shape index (κ2) is 13.5. The van der Waals surface area contributed by atoms with Crippen LogP contribution in [-0.2, 0) is 11.3 Å². The third-order valence-electron chi connectivity index (χ3n) is 5.35. The Hall–Kier alpha value is -1.85. The van der Waals surface area contributed by atoms with Crippen molar-refractivity contribution in [2.45, 2.75) is 19.5 Å². The minimum Gasteiger partial charge on any atom is -0.497 e. The first-order valence-corrected chi connectivity index (χ1v) is 10.6. The number of halogens is 1. The van der Waals surface area contributed by atoms with Crippen LogP contribution in [0.2, 0.25) is 0 Å². The average Bonchev–Trinajstić information content (AvgIpc) is 3.30. The van der Waals surface area contributed by atoms with Gasteiger partial charge in [0.05, 0.1) is 26.4 Å². The molecule has 2 aromatic rings. The lowest BCUT2D eigenvalue weighted by molar-refractivity contribution is 0.0170. The minimum atomic E-state index is 0. The van der Waals surface area contributed by atoms with Crippen LogP contribution in [0.15, 0.2) is 47.7 Å². The van der Waals surface area contributed by atoms with Gasteiger partial charge >= 0.3 is 0 Å². The van der Waals surface area contributed by atoms with E-state index in [4.69, 9.17) is 9.47 Å². The summed E-state index contributed by atoms with van der Waals surface area (Å²) in [6.07, 6.45) is 3.80. The number of hydrogen-bond acceptors (Lipinski definition) is 5. The van der Waals surface area contributed by atoms with Crippen molar-refractivity contribution in [3.05, 3.63) is 48.3 Å². The number of morpholine rings is 1. The first-order chi connectivity index (χ1) is 14.7. The van der Waals surface area contributed by atoms with Crippen molar-refractivity contribution in [2.75, 3.05) is 53.6 Å². The SMILES string of the molecule is CN=C(NCC(C)Cn1cccn1)NCC(c1ccc(OC)cc1)N1CCOCC1.I. The third-order valence-corrected chi connectivity index (χ3v) is 5.35. The highest BCUT2D eigenvalue weighted by atomic mass is 127. The average molecular weight is 542 g/mol. The van der Waals surface area contributed by atoms with E-state index in [1.807, 2.05) is 42.3 Å². The number of rotatable bonds is 9. The molecule has 0 aliphatic carbocycles. The third kappa shape index (κ3) is 7.97. The fourth-order valence-electron chi connectivity index (χ4n) is 3.65. The number of nitrogens with one attached hydrogen (secondary N) is 2. The van der Waals surface area contributed by atoms with Crippen molar-refractivity contribution in [3.8, 4) is 5.75 Å². The van der Waals surface area contributed by atoms with E-state index in [1.54, 1.807) is 7.11 Å². The summed E-state index contributed by atoms with van der Waals surface area (Å²) in [7, 11) is 3.50. The zero-order valence-corrected chi connectivity index (χ0v) is 21.0. The van der Waals surface area contributed by atoms with Gasteiger partial charge in [-0.15, -0.1) is 24.0 Å². The van der Waals surface area contributed by atoms with Gasteiger partial charge in [-0.1, -0.05) is 19.1 Å². The molecule has 9 heteroatoms. The van der Waals surface area contributed by atoms with Crippen LogP contribution in [0, 0.1) is 5.92 Å². The number of aromatic nitrogens is 2. The van der Waals surface area contributed by atoms with Gasteiger partial charge < -0.3 is 20.1 Å². The van der Waals surface area contributed by atoms with Crippen LogP contribution in [0.1, 0.15) is 18.5 Å². The van der Waals surface area contributed by atoms with Crippen LogP contribution in [0.5, 0.6) is 5.75 Å². The first-order valence-electron chi connectivity index (χ1n) is 10.6. The summed E-state index contributed by atoms with van der Waals surface area (Å²) in [6, 6.07) is 10.5. The zero-order valence-electron chi connectivity index (χ0n) is 18.7. The molecule has 1 aliphatic heterocycles. The van der Waals surface area contributed by atoms with Crippen molar-refractivity contribution < 1.29 is 9.47 Å². The molecule has 0 bridgehead atoms. The monoisotopic (exact) mass is 542 g/mol. The van der Waals surface area contributed by atoms with Gasteiger partial charge in [-0.2, -0.15) is 5.10 Å². The van der Waals surface area contributed by atoms with Crippen LogP contribution < -0.4 is 15.4 Å². The number of hydrogen-bond donors (Lipinski definition) is 2. The molecule has 2 atom stereocenters. The molecule has 1 aromatic heterocycles. The highest BCUT2D eigenvalue weighted by Crippen LogP contribution is 2.23. The van der Waals surface area contributed by atoms with Gasteiger partial charge in [-0.3, -0.25) is 14.6 Å². The van der Waals surface area contributed by atoms with Crippen LogP contribution in [0.4, 0.5) is 0 Å². The van der Waals surface area contributed by atoms with Gasteiger partial charge in [-0.25, -0.2) is 0 Å². The Labute approximate surface area is 202 Å². The number of ether oxygens (including phenoxy) is 2. The van der Waals surface area contributed by atoms with Crippen LogP contribution >= 0.6 is 24.0 Å². The molecule has 2 heterocycles. The first kappa shape index (κ1) is 25.4. The van der Waals surface area contributed by atoms with Gasteiger partial charge in [-0.05, 0) is 29.7 Å². The molecular formula is C22H35IN6O2. The maximum atomic E-state index is 5.55. The van der Waals surface area contributed by atoms with E-state index < -0.39 is 0 Å². The molecule has 2 N–H and O–H groups in total. The Morgan fingerprint density at radius 2 is 1.90 bits per heavy atom. The number of aliphatic imine (C=N–C) groups is 1. The Balaban J connectivity index is 0.00000341. The fourth-order valence-corrected chi connectivity index (χ4v) is 3.65. The Kier molecular flexibility index (Phi) is 11.1. The van der Waals surface area contributed by atoms with E-state index >= 15 is 0 Å². The molecule has 0 spiro atoms. The highest BCUT2D eigenvalue weighted by molar-refractivity contribution is 14.0. The van der Waals surface area contributed by atoms with Crippen molar-refractivity contribution in [2.24, 2.45) is 10.9 Å². The second-order valence-corrected chi connectivity index (χ2v) is 7.60. The van der Waals surface area contributed by atoms with E-state index in [0.717, 1.165) is 57.6 Å². The molecule has 3 rings (SSSR count). The largest absolute Gasteiger partial charge is 0.497 e. The van der Waals surface area contributed by atoms with Crippen molar-refractivity contribution in [1.29, 1.82) is 0 Å². The smallest absolute Gasteiger partial charge is 0.191 e. The summed E-state index contributed by atoms with van der Waals surface area (Å²) in [5.74, 6) is 2.12. The van der Waals surface area contributed by atoms with Crippen LogP contribution in [-0.4, -0.2) is 74.2 Å². The summed E-state index contributed by atoms with van der Waals surface area (Å²) in [5, 5.41) is 11.2. The van der Waals surface area contributed by atoms with Gasteiger partial charge in [0.2, 0.25) is 0 Å². The predicted octanol–water partition coefficient (Wildman–Crippen LogP) is 2.38. The zero-order chi connectivity index (χ0) is 21.2. The molecule has 172 valence electrons. The topological polar surface area (TPSA) is 75.9 Å². The molecule has 0 amide bonds. The van der Waals surface area contributed by atoms with E-state index in [-0.39, 0.29) is 30.0 Å². The molecule has 0 radical (unpaired) electrons. The summed E-state index contributed by atoms with van der Waals surface area (Å²) in [5.41, 5.74) is 1.26. The second-order valence-electron chi connectivity index (χ2n) is 7.60.